The third-order valence-electron chi connectivity index (χ3n) is 4.40. The lowest BCUT2D eigenvalue weighted by Crippen LogP contribution is -2.36. The summed E-state index contributed by atoms with van der Waals surface area (Å²) in [4.78, 5) is 16.3. The second kappa shape index (κ2) is 6.53. The van der Waals surface area contributed by atoms with Gasteiger partial charge in [0.25, 0.3) is 5.91 Å². The predicted octanol–water partition coefficient (Wildman–Crippen LogP) is 2.84. The second-order valence-corrected chi connectivity index (χ2v) is 6.33. The van der Waals surface area contributed by atoms with Crippen LogP contribution >= 0.6 is 0 Å². The number of hydrogen-bond donors (Lipinski definition) is 0. The molecule has 0 N–H and O–H groups in total. The first kappa shape index (κ1) is 15.1. The van der Waals surface area contributed by atoms with Crippen LogP contribution in [0.4, 0.5) is 5.69 Å². The third kappa shape index (κ3) is 3.17. The first-order valence-electron chi connectivity index (χ1n) is 8.06. The zero-order chi connectivity index (χ0) is 15.5. The maximum Gasteiger partial charge on any atom is 0.251 e. The fourth-order valence-corrected chi connectivity index (χ4v) is 3.22. The highest BCUT2D eigenvalue weighted by Gasteiger charge is 2.34. The van der Waals surface area contributed by atoms with Gasteiger partial charge in [0.05, 0.1) is 6.04 Å². The van der Waals surface area contributed by atoms with Crippen LogP contribution in [-0.2, 0) is 4.79 Å². The van der Waals surface area contributed by atoms with Crippen LogP contribution in [0, 0.1) is 0 Å². The molecule has 0 bridgehead atoms. The summed E-state index contributed by atoms with van der Waals surface area (Å²) in [5.74, 6) is 0.984. The third-order valence-corrected chi connectivity index (χ3v) is 4.40. The van der Waals surface area contributed by atoms with Crippen LogP contribution in [-0.4, -0.2) is 44.1 Å². The average Bonchev–Trinajstić information content (AvgIpc) is 2.83. The Hall–Kier alpha value is -1.81. The van der Waals surface area contributed by atoms with E-state index in [-0.39, 0.29) is 11.9 Å². The van der Waals surface area contributed by atoms with Gasteiger partial charge in [0.1, 0.15) is 12.4 Å². The van der Waals surface area contributed by atoms with Crippen LogP contribution in [0.15, 0.2) is 35.9 Å². The van der Waals surface area contributed by atoms with Crippen molar-refractivity contribution in [3.05, 3.63) is 35.9 Å². The van der Waals surface area contributed by atoms with Crippen molar-refractivity contribution >= 4 is 11.6 Å². The number of hydrogen-bond acceptors (Lipinski definition) is 3. The Balaban J connectivity index is 1.66. The lowest BCUT2D eigenvalue weighted by molar-refractivity contribution is -0.113. The quantitative estimate of drug-likeness (QED) is 0.838. The van der Waals surface area contributed by atoms with Gasteiger partial charge in [-0.15, -0.1) is 0 Å². The molecule has 118 valence electrons. The monoisotopic (exact) mass is 300 g/mol. The molecule has 3 rings (SSSR count). The Morgan fingerprint density at radius 2 is 2.00 bits per heavy atom. The van der Waals surface area contributed by atoms with E-state index in [2.05, 4.69) is 4.90 Å². The van der Waals surface area contributed by atoms with E-state index in [0.29, 0.717) is 6.61 Å². The Morgan fingerprint density at radius 1 is 1.23 bits per heavy atom. The number of fused-ring (bicyclic) bond motifs is 1. The van der Waals surface area contributed by atoms with Gasteiger partial charge in [0, 0.05) is 18.3 Å². The van der Waals surface area contributed by atoms with Gasteiger partial charge in [-0.1, -0.05) is 6.42 Å². The molecule has 0 radical (unpaired) electrons. The van der Waals surface area contributed by atoms with Crippen LogP contribution in [0.3, 0.4) is 0 Å². The molecule has 1 aromatic carbocycles. The number of likely N-dealkylation sites (N-methyl/N-ethyl adjacent to an activating group) is 1. The van der Waals surface area contributed by atoms with E-state index in [0.717, 1.165) is 30.8 Å². The fraction of sp³-hybridized carbons (Fsp3) is 0.500. The highest BCUT2D eigenvalue weighted by molar-refractivity contribution is 6.06. The highest BCUT2D eigenvalue weighted by atomic mass is 16.5. The summed E-state index contributed by atoms with van der Waals surface area (Å²) in [6.45, 7) is 1.56. The van der Waals surface area contributed by atoms with Crippen LogP contribution in [0.1, 0.15) is 25.7 Å². The van der Waals surface area contributed by atoms with E-state index >= 15 is 0 Å². The van der Waals surface area contributed by atoms with Gasteiger partial charge in [-0.3, -0.25) is 4.79 Å². The van der Waals surface area contributed by atoms with Gasteiger partial charge in [0.2, 0.25) is 0 Å². The number of ether oxygens (including phenoxy) is 1. The number of anilines is 1. The van der Waals surface area contributed by atoms with Crippen molar-refractivity contribution in [1.82, 2.24) is 4.90 Å². The summed E-state index contributed by atoms with van der Waals surface area (Å²) in [7, 11) is 4.06. The number of nitrogens with zero attached hydrogens (tertiary/aromatic N) is 2. The smallest absolute Gasteiger partial charge is 0.251 e. The Bertz CT molecular complexity index is 563. The molecule has 22 heavy (non-hydrogen) atoms. The molecular weight excluding hydrogens is 276 g/mol. The normalized spacial score (nSPS) is 21.0. The van der Waals surface area contributed by atoms with Crippen LogP contribution in [0.25, 0.3) is 0 Å². The van der Waals surface area contributed by atoms with Crippen molar-refractivity contribution in [3.63, 3.8) is 0 Å². The van der Waals surface area contributed by atoms with Crippen LogP contribution < -0.4 is 9.64 Å². The summed E-state index contributed by atoms with van der Waals surface area (Å²) in [6.07, 6.45) is 6.41. The molecule has 1 heterocycles. The predicted molar refractivity (Wildman–Crippen MR) is 88.3 cm³/mol. The molecule has 1 aromatic rings. The highest BCUT2D eigenvalue weighted by Crippen LogP contribution is 2.36. The van der Waals surface area contributed by atoms with Crippen molar-refractivity contribution in [3.8, 4) is 5.75 Å². The zero-order valence-corrected chi connectivity index (χ0v) is 13.4. The molecule has 1 fully saturated rings. The molecule has 1 atom stereocenters. The van der Waals surface area contributed by atoms with Gasteiger partial charge in [-0.05, 0) is 63.2 Å². The molecule has 4 nitrogen and oxygen atoms in total. The van der Waals surface area contributed by atoms with Crippen LogP contribution in [0.2, 0.25) is 0 Å². The minimum absolute atomic E-state index is 0.128. The Kier molecular flexibility index (Phi) is 4.48. The van der Waals surface area contributed by atoms with Crippen molar-refractivity contribution in [2.45, 2.75) is 31.7 Å². The topological polar surface area (TPSA) is 32.8 Å². The van der Waals surface area contributed by atoms with E-state index in [1.54, 1.807) is 0 Å². The minimum atomic E-state index is 0.128. The molecule has 0 saturated heterocycles. The summed E-state index contributed by atoms with van der Waals surface area (Å²) >= 11 is 0. The number of carbonyl (C=O) groups is 1. The van der Waals surface area contributed by atoms with Gasteiger partial charge in [-0.2, -0.15) is 0 Å². The maximum absolute atomic E-state index is 12.3. The van der Waals surface area contributed by atoms with Gasteiger partial charge < -0.3 is 14.5 Å². The van der Waals surface area contributed by atoms with Gasteiger partial charge in [-0.25, -0.2) is 0 Å². The molecule has 1 unspecified atom stereocenters. The molecule has 0 aromatic heterocycles. The molecule has 1 amide bonds. The Labute approximate surface area is 132 Å². The fourth-order valence-electron chi connectivity index (χ4n) is 3.22. The SMILES string of the molecule is CN(C)CCOc1ccc(N2C(=O)C=C3CCCCC32)cc1. The van der Waals surface area contributed by atoms with E-state index < -0.39 is 0 Å². The summed E-state index contributed by atoms with van der Waals surface area (Å²) in [5.41, 5.74) is 2.28. The average molecular weight is 300 g/mol. The lowest BCUT2D eigenvalue weighted by Gasteiger charge is -2.30. The largest absolute Gasteiger partial charge is 0.492 e. The van der Waals surface area contributed by atoms with Crippen molar-refractivity contribution < 1.29 is 9.53 Å². The van der Waals surface area contributed by atoms with Crippen molar-refractivity contribution in [1.29, 1.82) is 0 Å². The first-order chi connectivity index (χ1) is 10.6. The summed E-state index contributed by atoms with van der Waals surface area (Å²) in [5, 5.41) is 0. The molecule has 2 aliphatic rings. The maximum atomic E-state index is 12.3. The molecular formula is C18H24N2O2. The number of carbonyl (C=O) groups excluding carboxylic acids is 1. The van der Waals surface area contributed by atoms with Gasteiger partial charge in [0.15, 0.2) is 0 Å². The van der Waals surface area contributed by atoms with E-state index in [1.807, 2.05) is 49.3 Å². The summed E-state index contributed by atoms with van der Waals surface area (Å²) < 4.78 is 5.71. The second-order valence-electron chi connectivity index (χ2n) is 6.33. The van der Waals surface area contributed by atoms with E-state index in [1.165, 1.54) is 18.4 Å². The number of amides is 1. The number of rotatable bonds is 5. The first-order valence-corrected chi connectivity index (χ1v) is 8.06. The zero-order valence-electron chi connectivity index (χ0n) is 13.4. The summed E-state index contributed by atoms with van der Waals surface area (Å²) in [6, 6.07) is 8.18. The van der Waals surface area contributed by atoms with E-state index in [9.17, 15) is 4.79 Å². The van der Waals surface area contributed by atoms with Crippen molar-refractivity contribution in [2.75, 3.05) is 32.1 Å². The molecule has 1 saturated carbocycles. The molecule has 0 spiro atoms. The minimum Gasteiger partial charge on any atom is -0.492 e. The molecule has 1 aliphatic heterocycles. The Morgan fingerprint density at radius 3 is 2.73 bits per heavy atom. The standard InChI is InChI=1S/C18H24N2O2/c1-19(2)11-12-22-16-9-7-15(8-10-16)20-17-6-4-3-5-14(17)13-18(20)21/h7-10,13,17H,3-6,11-12H2,1-2H3. The molecule has 4 heteroatoms. The van der Waals surface area contributed by atoms with Gasteiger partial charge >= 0.3 is 0 Å². The van der Waals surface area contributed by atoms with E-state index in [4.69, 9.17) is 4.74 Å². The lowest BCUT2D eigenvalue weighted by atomic mass is 9.91. The molecule has 1 aliphatic carbocycles. The van der Waals surface area contributed by atoms with Crippen LogP contribution in [0.5, 0.6) is 5.75 Å². The van der Waals surface area contributed by atoms with Crippen molar-refractivity contribution in [2.24, 2.45) is 0 Å². The number of benzene rings is 1.